The Hall–Kier alpha value is -2.33. The summed E-state index contributed by atoms with van der Waals surface area (Å²) in [6, 6.07) is 4.17. The first kappa shape index (κ1) is 27.3. The number of halogens is 3. The van der Waals surface area contributed by atoms with Gasteiger partial charge in [-0.3, -0.25) is 0 Å². The number of aromatic nitrogens is 3. The maximum atomic E-state index is 14.2. The molecule has 0 spiro atoms. The molecular formula is C24H30ClF2N3O3Si2. The summed E-state index contributed by atoms with van der Waals surface area (Å²) in [6.45, 7) is 14.0. The summed E-state index contributed by atoms with van der Waals surface area (Å²) in [4.78, 5) is 21.0. The van der Waals surface area contributed by atoms with E-state index in [4.69, 9.17) is 20.8 Å². The van der Waals surface area contributed by atoms with Gasteiger partial charge < -0.3 is 9.15 Å². The third-order valence-corrected chi connectivity index (χ3v) is 7.88. The fourth-order valence-electron chi connectivity index (χ4n) is 3.16. The van der Waals surface area contributed by atoms with Crippen molar-refractivity contribution < 1.29 is 17.9 Å². The molecule has 0 aliphatic carbocycles. The molecule has 35 heavy (non-hydrogen) atoms. The van der Waals surface area contributed by atoms with Crippen LogP contribution in [0.4, 0.5) is 8.78 Å². The van der Waals surface area contributed by atoms with Gasteiger partial charge in [0.1, 0.15) is 31.7 Å². The van der Waals surface area contributed by atoms with Crippen LogP contribution in [0.25, 0.3) is 22.4 Å². The number of alkyl halides is 2. The van der Waals surface area contributed by atoms with Crippen LogP contribution < -0.4 is 5.76 Å². The van der Waals surface area contributed by atoms with Crippen molar-refractivity contribution in [1.29, 1.82) is 0 Å². The predicted octanol–water partition coefficient (Wildman–Crippen LogP) is 6.36. The van der Waals surface area contributed by atoms with Crippen LogP contribution in [0.3, 0.4) is 0 Å². The molecule has 3 rings (SSSR count). The lowest BCUT2D eigenvalue weighted by Gasteiger charge is -2.15. The van der Waals surface area contributed by atoms with E-state index in [-0.39, 0.29) is 23.7 Å². The van der Waals surface area contributed by atoms with E-state index in [0.717, 1.165) is 13.0 Å². The van der Waals surface area contributed by atoms with Crippen LogP contribution in [-0.4, -0.2) is 37.3 Å². The second-order valence-electron chi connectivity index (χ2n) is 10.8. The summed E-state index contributed by atoms with van der Waals surface area (Å²) >= 11 is 6.42. The Morgan fingerprint density at radius 2 is 1.89 bits per heavy atom. The van der Waals surface area contributed by atoms with Gasteiger partial charge in [-0.2, -0.15) is 8.78 Å². The lowest BCUT2D eigenvalue weighted by atomic mass is 10.1. The monoisotopic (exact) mass is 537 g/mol. The molecular weight excluding hydrogens is 508 g/mol. The highest BCUT2D eigenvalue weighted by Crippen LogP contribution is 2.34. The Balaban J connectivity index is 2.09. The molecule has 0 aliphatic rings. The highest BCUT2D eigenvalue weighted by Gasteiger charge is 2.31. The number of oxazole rings is 1. The van der Waals surface area contributed by atoms with Crippen molar-refractivity contribution in [2.24, 2.45) is 0 Å². The molecule has 11 heteroatoms. The Morgan fingerprint density at radius 3 is 2.49 bits per heavy atom. The standard InChI is InChI=1S/C24H30ClF2N3O3Si2/c1-24(26,27)22-18(10-12-34(2,3)4)29-19(14-28-22)16-8-9-17(25)20-21(16)33-23(31)30(20)15-32-11-13-35(5,6)7/h8-9,14H,11,13,15H2,1-7H3. The quantitative estimate of drug-likeness (QED) is 0.199. The molecule has 0 saturated carbocycles. The Morgan fingerprint density at radius 1 is 1.20 bits per heavy atom. The topological polar surface area (TPSA) is 70.2 Å². The van der Waals surface area contributed by atoms with E-state index in [1.165, 1.54) is 10.8 Å². The Bertz CT molecular complexity index is 1360. The van der Waals surface area contributed by atoms with Crippen molar-refractivity contribution in [3.05, 3.63) is 45.3 Å². The molecule has 0 saturated heterocycles. The van der Waals surface area contributed by atoms with Crippen molar-refractivity contribution in [2.45, 2.75) is 64.9 Å². The molecule has 0 atom stereocenters. The minimum absolute atomic E-state index is 0.0148. The number of hydrogen-bond donors (Lipinski definition) is 0. The van der Waals surface area contributed by atoms with E-state index < -0.39 is 33.5 Å². The molecule has 3 aromatic rings. The molecule has 2 heterocycles. The highest BCUT2D eigenvalue weighted by atomic mass is 35.5. The van der Waals surface area contributed by atoms with Gasteiger partial charge >= 0.3 is 5.76 Å². The largest absolute Gasteiger partial charge is 0.421 e. The first-order valence-corrected chi connectivity index (χ1v) is 18.8. The van der Waals surface area contributed by atoms with Crippen molar-refractivity contribution in [1.82, 2.24) is 14.5 Å². The summed E-state index contributed by atoms with van der Waals surface area (Å²) < 4.78 is 41.0. The van der Waals surface area contributed by atoms with Gasteiger partial charge in [-0.05, 0) is 18.2 Å². The molecule has 6 nitrogen and oxygen atoms in total. The number of rotatable bonds is 7. The Kier molecular flexibility index (Phi) is 7.77. The van der Waals surface area contributed by atoms with Crippen molar-refractivity contribution in [3.8, 4) is 22.7 Å². The van der Waals surface area contributed by atoms with Crippen LogP contribution in [0.5, 0.6) is 0 Å². The third kappa shape index (κ3) is 6.88. The SMILES string of the molecule is CC(F)(F)c1ncc(-c2ccc(Cl)c3c2oc(=O)n3COCC[Si](C)(C)C)nc1C#C[Si](C)(C)C. The number of nitrogens with zero attached hydrogens (tertiary/aromatic N) is 3. The summed E-state index contributed by atoms with van der Waals surface area (Å²) in [6.07, 6.45) is 1.23. The van der Waals surface area contributed by atoms with Crippen molar-refractivity contribution in [3.63, 3.8) is 0 Å². The van der Waals surface area contributed by atoms with E-state index in [2.05, 4.69) is 41.1 Å². The minimum Gasteiger partial charge on any atom is -0.407 e. The van der Waals surface area contributed by atoms with E-state index in [9.17, 15) is 13.6 Å². The molecule has 1 aromatic carbocycles. The van der Waals surface area contributed by atoms with Gasteiger partial charge in [-0.15, -0.1) is 5.54 Å². The van der Waals surface area contributed by atoms with Gasteiger partial charge in [-0.25, -0.2) is 19.3 Å². The van der Waals surface area contributed by atoms with Gasteiger partial charge in [0.05, 0.1) is 16.9 Å². The summed E-state index contributed by atoms with van der Waals surface area (Å²) in [5, 5.41) is 0.298. The average Bonchev–Trinajstić information content (AvgIpc) is 3.04. The van der Waals surface area contributed by atoms with Gasteiger partial charge in [0.2, 0.25) is 0 Å². The summed E-state index contributed by atoms with van der Waals surface area (Å²) in [7, 11) is -3.16. The van der Waals surface area contributed by atoms with E-state index in [1.807, 2.05) is 19.6 Å². The van der Waals surface area contributed by atoms with E-state index in [1.54, 1.807) is 12.1 Å². The fourth-order valence-corrected chi connectivity index (χ4v) is 4.66. The maximum absolute atomic E-state index is 14.2. The van der Waals surface area contributed by atoms with Gasteiger partial charge in [-0.1, -0.05) is 56.8 Å². The van der Waals surface area contributed by atoms with Crippen molar-refractivity contribution >= 4 is 38.8 Å². The molecule has 0 amide bonds. The highest BCUT2D eigenvalue weighted by molar-refractivity contribution is 6.83. The van der Waals surface area contributed by atoms with E-state index in [0.29, 0.717) is 22.7 Å². The predicted molar refractivity (Wildman–Crippen MR) is 140 cm³/mol. The smallest absolute Gasteiger partial charge is 0.407 e. The zero-order valence-corrected chi connectivity index (χ0v) is 23.8. The lowest BCUT2D eigenvalue weighted by Crippen LogP contribution is -2.23. The molecule has 0 radical (unpaired) electrons. The summed E-state index contributed by atoms with van der Waals surface area (Å²) in [5.41, 5.74) is 3.66. The second kappa shape index (κ2) is 9.97. The second-order valence-corrected chi connectivity index (χ2v) is 21.5. The lowest BCUT2D eigenvalue weighted by molar-refractivity contribution is 0.0121. The minimum atomic E-state index is -3.21. The number of benzene rings is 1. The number of fused-ring (bicyclic) bond motifs is 1. The van der Waals surface area contributed by atoms with Gasteiger partial charge in [0.15, 0.2) is 5.58 Å². The zero-order chi connectivity index (χ0) is 26.2. The van der Waals surface area contributed by atoms with Crippen LogP contribution in [0.1, 0.15) is 18.3 Å². The van der Waals surface area contributed by atoms with E-state index >= 15 is 0 Å². The molecule has 0 aliphatic heterocycles. The van der Waals surface area contributed by atoms with Crippen LogP contribution >= 0.6 is 11.6 Å². The Labute approximate surface area is 210 Å². The van der Waals surface area contributed by atoms with Crippen LogP contribution in [0, 0.1) is 11.5 Å². The molecule has 0 N–H and O–H groups in total. The van der Waals surface area contributed by atoms with Gasteiger partial charge in [0, 0.05) is 27.2 Å². The number of ether oxygens (including phenoxy) is 1. The van der Waals surface area contributed by atoms with Gasteiger partial charge in [0.25, 0.3) is 5.92 Å². The zero-order valence-electron chi connectivity index (χ0n) is 21.1. The van der Waals surface area contributed by atoms with Crippen LogP contribution in [0.15, 0.2) is 27.5 Å². The molecule has 2 aromatic heterocycles. The molecule has 0 fully saturated rings. The van der Waals surface area contributed by atoms with Crippen LogP contribution in [0.2, 0.25) is 50.3 Å². The first-order valence-electron chi connectivity index (χ1n) is 11.3. The number of hydrogen-bond acceptors (Lipinski definition) is 5. The average molecular weight is 538 g/mol. The molecule has 0 bridgehead atoms. The first-order chi connectivity index (χ1) is 16.1. The van der Waals surface area contributed by atoms with Crippen molar-refractivity contribution in [2.75, 3.05) is 6.61 Å². The molecule has 188 valence electrons. The summed E-state index contributed by atoms with van der Waals surface area (Å²) in [5.74, 6) is -1.04. The fraction of sp³-hybridized carbons (Fsp3) is 0.458. The maximum Gasteiger partial charge on any atom is 0.421 e. The third-order valence-electron chi connectivity index (χ3n) is 5.00. The normalized spacial score (nSPS) is 12.6. The van der Waals surface area contributed by atoms with Crippen LogP contribution in [-0.2, 0) is 17.4 Å². The molecule has 0 unspecified atom stereocenters.